The third-order valence-corrected chi connectivity index (χ3v) is 3.12. The maximum absolute atomic E-state index is 9.26. The van der Waals surface area contributed by atoms with Crippen LogP contribution in [-0.4, -0.2) is 36.5 Å². The number of hydrogen-bond donors (Lipinski definition) is 2. The van der Waals surface area contributed by atoms with E-state index >= 15 is 0 Å². The normalized spacial score (nSPS) is 12.6. The second-order valence-electron chi connectivity index (χ2n) is 4.23. The van der Waals surface area contributed by atoms with Crippen LogP contribution < -0.4 is 4.90 Å². The molecular formula is C13H21NO2. The maximum Gasteiger partial charge on any atom is 0.0635 e. The van der Waals surface area contributed by atoms with Crippen molar-refractivity contribution in [1.82, 2.24) is 0 Å². The second-order valence-corrected chi connectivity index (χ2v) is 4.23. The minimum Gasteiger partial charge on any atom is -0.396 e. The predicted molar refractivity (Wildman–Crippen MR) is 66.9 cm³/mol. The van der Waals surface area contributed by atoms with Gasteiger partial charge in [0.25, 0.3) is 0 Å². The summed E-state index contributed by atoms with van der Waals surface area (Å²) in [5.74, 6) is 0. The van der Waals surface area contributed by atoms with E-state index in [2.05, 4.69) is 26.0 Å². The molecule has 1 atom stereocenters. The zero-order valence-electron chi connectivity index (χ0n) is 10.3. The summed E-state index contributed by atoms with van der Waals surface area (Å²) in [6.07, 6.45) is 0.583. The summed E-state index contributed by atoms with van der Waals surface area (Å²) in [6.45, 7) is 4.31. The van der Waals surface area contributed by atoms with Gasteiger partial charge in [0.05, 0.1) is 12.6 Å². The van der Waals surface area contributed by atoms with Crippen LogP contribution in [0.4, 0.5) is 5.69 Å². The number of nitrogens with zero attached hydrogens (tertiary/aromatic N) is 1. The molecule has 0 radical (unpaired) electrons. The van der Waals surface area contributed by atoms with Crippen LogP contribution >= 0.6 is 0 Å². The van der Waals surface area contributed by atoms with Crippen LogP contribution in [0.2, 0.25) is 0 Å². The molecule has 2 N–H and O–H groups in total. The van der Waals surface area contributed by atoms with Crippen molar-refractivity contribution >= 4 is 5.69 Å². The Bertz CT molecular complexity index is 339. The Morgan fingerprint density at radius 2 is 1.88 bits per heavy atom. The van der Waals surface area contributed by atoms with E-state index in [-0.39, 0.29) is 19.3 Å². The Balaban J connectivity index is 2.85. The van der Waals surface area contributed by atoms with E-state index in [0.29, 0.717) is 6.42 Å². The summed E-state index contributed by atoms with van der Waals surface area (Å²) in [7, 11) is 1.95. The summed E-state index contributed by atoms with van der Waals surface area (Å²) in [6, 6.07) is 6.21. The molecular weight excluding hydrogens is 202 g/mol. The average Bonchev–Trinajstić information content (AvgIpc) is 2.28. The van der Waals surface area contributed by atoms with Crippen molar-refractivity contribution in [3.63, 3.8) is 0 Å². The van der Waals surface area contributed by atoms with Gasteiger partial charge in [-0.05, 0) is 43.5 Å². The van der Waals surface area contributed by atoms with Crippen molar-refractivity contribution in [3.05, 3.63) is 29.3 Å². The van der Waals surface area contributed by atoms with E-state index in [1.165, 1.54) is 11.1 Å². The van der Waals surface area contributed by atoms with Crippen LogP contribution in [0.5, 0.6) is 0 Å². The summed E-state index contributed by atoms with van der Waals surface area (Å²) in [5, 5.41) is 18.2. The van der Waals surface area contributed by atoms with E-state index in [4.69, 9.17) is 5.11 Å². The van der Waals surface area contributed by atoms with Gasteiger partial charge >= 0.3 is 0 Å². The van der Waals surface area contributed by atoms with Gasteiger partial charge in [0.15, 0.2) is 0 Å². The molecule has 0 amide bonds. The summed E-state index contributed by atoms with van der Waals surface area (Å²) < 4.78 is 0. The Morgan fingerprint density at radius 1 is 1.19 bits per heavy atom. The monoisotopic (exact) mass is 223 g/mol. The number of likely N-dealkylation sites (N-methyl/N-ethyl adjacent to an activating group) is 1. The molecule has 0 aliphatic rings. The fourth-order valence-corrected chi connectivity index (χ4v) is 1.71. The minimum absolute atomic E-state index is 0.0212. The van der Waals surface area contributed by atoms with Crippen molar-refractivity contribution in [2.45, 2.75) is 26.3 Å². The van der Waals surface area contributed by atoms with Crippen LogP contribution in [0.1, 0.15) is 17.5 Å². The van der Waals surface area contributed by atoms with Gasteiger partial charge in [-0.1, -0.05) is 6.07 Å². The number of anilines is 1. The highest BCUT2D eigenvalue weighted by Gasteiger charge is 2.13. The van der Waals surface area contributed by atoms with Crippen LogP contribution in [0, 0.1) is 13.8 Å². The first kappa shape index (κ1) is 13.0. The molecule has 0 aliphatic heterocycles. The molecule has 1 aromatic rings. The summed E-state index contributed by atoms with van der Waals surface area (Å²) in [4.78, 5) is 2.02. The molecule has 0 fully saturated rings. The van der Waals surface area contributed by atoms with E-state index in [9.17, 15) is 5.11 Å². The zero-order valence-corrected chi connectivity index (χ0v) is 10.3. The molecule has 0 spiro atoms. The molecule has 0 bridgehead atoms. The highest BCUT2D eigenvalue weighted by Crippen LogP contribution is 2.20. The molecule has 0 saturated carbocycles. The molecule has 90 valence electrons. The lowest BCUT2D eigenvalue weighted by Gasteiger charge is -2.28. The van der Waals surface area contributed by atoms with E-state index in [1.807, 2.05) is 18.0 Å². The van der Waals surface area contributed by atoms with Gasteiger partial charge in [0.2, 0.25) is 0 Å². The third-order valence-electron chi connectivity index (χ3n) is 3.12. The maximum atomic E-state index is 9.26. The van der Waals surface area contributed by atoms with Gasteiger partial charge < -0.3 is 15.1 Å². The first-order valence-electron chi connectivity index (χ1n) is 5.62. The zero-order chi connectivity index (χ0) is 12.1. The van der Waals surface area contributed by atoms with Gasteiger partial charge in [-0.15, -0.1) is 0 Å². The standard InChI is InChI=1S/C13H21NO2/c1-10-4-5-12(8-11(10)2)14(3)13(9-16)6-7-15/h4-5,8,13,15-16H,6-7,9H2,1-3H3. The topological polar surface area (TPSA) is 43.7 Å². The fourth-order valence-electron chi connectivity index (χ4n) is 1.71. The smallest absolute Gasteiger partial charge is 0.0635 e. The van der Waals surface area contributed by atoms with Crippen molar-refractivity contribution in [1.29, 1.82) is 0 Å². The van der Waals surface area contributed by atoms with E-state index < -0.39 is 0 Å². The Labute approximate surface area is 97.3 Å². The largest absolute Gasteiger partial charge is 0.396 e. The number of rotatable bonds is 5. The number of aliphatic hydroxyl groups is 2. The lowest BCUT2D eigenvalue weighted by molar-refractivity contribution is 0.218. The van der Waals surface area contributed by atoms with Crippen LogP contribution in [-0.2, 0) is 0 Å². The van der Waals surface area contributed by atoms with Crippen molar-refractivity contribution in [2.24, 2.45) is 0 Å². The average molecular weight is 223 g/mol. The first-order chi connectivity index (χ1) is 7.60. The lowest BCUT2D eigenvalue weighted by atomic mass is 10.1. The van der Waals surface area contributed by atoms with Gasteiger partial charge in [-0.25, -0.2) is 0 Å². The highest BCUT2D eigenvalue weighted by atomic mass is 16.3. The molecule has 0 aromatic heterocycles. The van der Waals surface area contributed by atoms with Gasteiger partial charge in [0.1, 0.15) is 0 Å². The molecule has 16 heavy (non-hydrogen) atoms. The molecule has 3 nitrogen and oxygen atoms in total. The van der Waals surface area contributed by atoms with Crippen molar-refractivity contribution < 1.29 is 10.2 Å². The number of aliphatic hydroxyl groups excluding tert-OH is 2. The van der Waals surface area contributed by atoms with Crippen LogP contribution in [0.25, 0.3) is 0 Å². The molecule has 1 aromatic carbocycles. The molecule has 0 aliphatic carbocycles. The Kier molecular flexibility index (Phi) is 4.77. The highest BCUT2D eigenvalue weighted by molar-refractivity contribution is 5.50. The lowest BCUT2D eigenvalue weighted by Crippen LogP contribution is -2.35. The van der Waals surface area contributed by atoms with Crippen LogP contribution in [0.3, 0.4) is 0 Å². The van der Waals surface area contributed by atoms with Crippen molar-refractivity contribution in [3.8, 4) is 0 Å². The van der Waals surface area contributed by atoms with Crippen molar-refractivity contribution in [2.75, 3.05) is 25.2 Å². The fraction of sp³-hybridized carbons (Fsp3) is 0.538. The van der Waals surface area contributed by atoms with Gasteiger partial charge in [-0.3, -0.25) is 0 Å². The van der Waals surface area contributed by atoms with E-state index in [0.717, 1.165) is 5.69 Å². The second kappa shape index (κ2) is 5.87. The Hall–Kier alpha value is -1.06. The van der Waals surface area contributed by atoms with E-state index in [1.54, 1.807) is 0 Å². The molecule has 1 unspecified atom stereocenters. The first-order valence-corrected chi connectivity index (χ1v) is 5.62. The SMILES string of the molecule is Cc1ccc(N(C)C(CO)CCO)cc1C. The van der Waals surface area contributed by atoms with Crippen LogP contribution in [0.15, 0.2) is 18.2 Å². The number of benzene rings is 1. The molecule has 0 saturated heterocycles. The Morgan fingerprint density at radius 3 is 2.38 bits per heavy atom. The third kappa shape index (κ3) is 2.97. The predicted octanol–water partition coefficient (Wildman–Crippen LogP) is 1.48. The molecule has 3 heteroatoms. The summed E-state index contributed by atoms with van der Waals surface area (Å²) >= 11 is 0. The summed E-state index contributed by atoms with van der Waals surface area (Å²) in [5.41, 5.74) is 3.58. The quantitative estimate of drug-likeness (QED) is 0.794. The molecule has 1 rings (SSSR count). The van der Waals surface area contributed by atoms with Gasteiger partial charge in [-0.2, -0.15) is 0 Å². The van der Waals surface area contributed by atoms with Gasteiger partial charge in [0, 0.05) is 19.3 Å². The molecule has 0 heterocycles. The minimum atomic E-state index is -0.0212. The number of aryl methyl sites for hydroxylation is 2. The number of hydrogen-bond acceptors (Lipinski definition) is 3.